The molecule has 1 spiro atoms. The Bertz CT molecular complexity index is 745. The molecule has 0 unspecified atom stereocenters. The van der Waals surface area contributed by atoms with Crippen LogP contribution in [0.1, 0.15) is 18.4 Å². The molecular weight excluding hydrogens is 403 g/mol. The zero-order valence-electron chi connectivity index (χ0n) is 12.4. The fourth-order valence-electron chi connectivity index (χ4n) is 4.85. The number of halogens is 1. The molecule has 0 N–H and O–H groups in total. The van der Waals surface area contributed by atoms with E-state index in [4.69, 9.17) is 0 Å². The number of benzene rings is 1. The topological polar surface area (TPSA) is 49.7 Å². The molecule has 1 saturated heterocycles. The maximum absolute atomic E-state index is 12.7. The predicted molar refractivity (Wildman–Crippen MR) is 93.4 cm³/mol. The number of nitrogens with zero attached hydrogens (tertiary/aromatic N) is 2. The molecule has 1 aromatic carbocycles. The van der Waals surface area contributed by atoms with Crippen LogP contribution in [-0.2, 0) is 9.59 Å². The molecule has 2 amide bonds. The van der Waals surface area contributed by atoms with E-state index in [0.717, 1.165) is 27.0 Å². The Labute approximate surface area is 147 Å². The Balaban J connectivity index is 1.43. The Morgan fingerprint density at radius 3 is 2.13 bits per heavy atom. The highest BCUT2D eigenvalue weighted by Crippen LogP contribution is 2.73. The van der Waals surface area contributed by atoms with Crippen LogP contribution in [0.5, 0.6) is 0 Å². The number of hydrogen-bond acceptors (Lipinski definition) is 3. The van der Waals surface area contributed by atoms with Gasteiger partial charge in [-0.3, -0.25) is 9.59 Å². The normalized spacial score (nSPS) is 35.8. The van der Waals surface area contributed by atoms with Crippen molar-refractivity contribution in [2.75, 3.05) is 0 Å². The summed E-state index contributed by atoms with van der Waals surface area (Å²) in [5.41, 5.74) is 1.13. The van der Waals surface area contributed by atoms with Crippen molar-refractivity contribution in [3.63, 3.8) is 0 Å². The van der Waals surface area contributed by atoms with Gasteiger partial charge in [0.1, 0.15) is 0 Å². The molecule has 5 rings (SSSR count). The van der Waals surface area contributed by atoms with Crippen LogP contribution in [0.4, 0.5) is 0 Å². The van der Waals surface area contributed by atoms with Crippen molar-refractivity contribution in [2.45, 2.75) is 12.8 Å². The second-order valence-corrected chi connectivity index (χ2v) is 8.25. The summed E-state index contributed by atoms with van der Waals surface area (Å²) in [7, 11) is 0. The van der Waals surface area contributed by atoms with Crippen molar-refractivity contribution in [3.8, 4) is 0 Å². The van der Waals surface area contributed by atoms with Crippen LogP contribution < -0.4 is 0 Å². The molecule has 2 saturated carbocycles. The van der Waals surface area contributed by atoms with Crippen molar-refractivity contribution < 1.29 is 9.59 Å². The molecule has 0 aromatic heterocycles. The average Bonchev–Trinajstić information content (AvgIpc) is 3.15. The first-order valence-corrected chi connectivity index (χ1v) is 9.05. The van der Waals surface area contributed by atoms with Gasteiger partial charge in [0.05, 0.1) is 18.1 Å². The molecule has 5 heteroatoms. The van der Waals surface area contributed by atoms with Gasteiger partial charge in [0.15, 0.2) is 0 Å². The third-order valence-electron chi connectivity index (χ3n) is 6.02. The van der Waals surface area contributed by atoms with Gasteiger partial charge in [-0.25, -0.2) is 0 Å². The van der Waals surface area contributed by atoms with Gasteiger partial charge >= 0.3 is 0 Å². The number of allylic oxidation sites excluding steroid dienone is 2. The second-order valence-electron chi connectivity index (χ2n) is 7.01. The minimum atomic E-state index is -0.172. The molecule has 23 heavy (non-hydrogen) atoms. The smallest absolute Gasteiger partial charge is 0.254 e. The lowest BCUT2D eigenvalue weighted by molar-refractivity contribution is -0.141. The van der Waals surface area contributed by atoms with E-state index in [0.29, 0.717) is 0 Å². The van der Waals surface area contributed by atoms with Gasteiger partial charge in [-0.1, -0.05) is 24.3 Å². The standard InChI is InChI=1S/C18H15IN2O2/c19-11-3-1-10(2-4-11)9-20-21-16(22)14-12-5-6-13(15(14)17(21)23)18(12)7-8-18/h1-6,9,12-15H,7-8H2/b20-9-/t12-,13-,14-,15+/m0/s1. The van der Waals surface area contributed by atoms with Crippen molar-refractivity contribution >= 4 is 40.6 Å². The molecule has 1 aromatic rings. The first-order valence-electron chi connectivity index (χ1n) is 7.97. The van der Waals surface area contributed by atoms with E-state index in [1.165, 1.54) is 0 Å². The van der Waals surface area contributed by atoms with Gasteiger partial charge in [-0.15, -0.1) is 0 Å². The highest BCUT2D eigenvalue weighted by molar-refractivity contribution is 14.1. The minimum Gasteiger partial charge on any atom is -0.272 e. The monoisotopic (exact) mass is 418 g/mol. The summed E-state index contributed by atoms with van der Waals surface area (Å²) >= 11 is 2.24. The number of carbonyl (C=O) groups is 2. The molecule has 4 nitrogen and oxygen atoms in total. The Kier molecular flexibility index (Phi) is 2.73. The zero-order chi connectivity index (χ0) is 15.8. The summed E-state index contributed by atoms with van der Waals surface area (Å²) < 4.78 is 1.14. The summed E-state index contributed by atoms with van der Waals surface area (Å²) in [6, 6.07) is 7.82. The summed E-state index contributed by atoms with van der Waals surface area (Å²) in [5.74, 6) is -0.0441. The molecule has 4 aliphatic rings. The lowest BCUT2D eigenvalue weighted by atomic mass is 9.85. The van der Waals surface area contributed by atoms with Gasteiger partial charge in [0.25, 0.3) is 11.8 Å². The highest BCUT2D eigenvalue weighted by Gasteiger charge is 2.73. The van der Waals surface area contributed by atoms with E-state index >= 15 is 0 Å². The van der Waals surface area contributed by atoms with Crippen molar-refractivity contribution in [1.82, 2.24) is 5.01 Å². The fourth-order valence-corrected chi connectivity index (χ4v) is 5.21. The largest absolute Gasteiger partial charge is 0.272 e. The molecule has 1 aliphatic heterocycles. The average molecular weight is 418 g/mol. The first kappa shape index (κ1) is 13.9. The summed E-state index contributed by atoms with van der Waals surface area (Å²) in [5, 5.41) is 5.33. The summed E-state index contributed by atoms with van der Waals surface area (Å²) in [6.07, 6.45) is 8.28. The van der Waals surface area contributed by atoms with Gasteiger partial charge in [-0.2, -0.15) is 10.1 Å². The van der Waals surface area contributed by atoms with E-state index in [2.05, 4.69) is 39.8 Å². The van der Waals surface area contributed by atoms with E-state index < -0.39 is 0 Å². The third-order valence-corrected chi connectivity index (χ3v) is 6.74. The van der Waals surface area contributed by atoms with Crippen molar-refractivity contribution in [2.24, 2.45) is 34.2 Å². The molecule has 1 heterocycles. The van der Waals surface area contributed by atoms with E-state index in [1.54, 1.807) is 6.21 Å². The second kappa shape index (κ2) is 4.53. The molecule has 2 bridgehead atoms. The molecule has 3 fully saturated rings. The van der Waals surface area contributed by atoms with Crippen LogP contribution in [0.3, 0.4) is 0 Å². The van der Waals surface area contributed by atoms with Crippen molar-refractivity contribution in [3.05, 3.63) is 45.6 Å². The van der Waals surface area contributed by atoms with Gasteiger partial charge in [0.2, 0.25) is 0 Å². The van der Waals surface area contributed by atoms with E-state index in [9.17, 15) is 9.59 Å². The maximum atomic E-state index is 12.7. The third kappa shape index (κ3) is 1.74. The van der Waals surface area contributed by atoms with Gasteiger partial charge in [0, 0.05) is 3.57 Å². The maximum Gasteiger partial charge on any atom is 0.254 e. The number of hydrogen-bond donors (Lipinski definition) is 0. The zero-order valence-corrected chi connectivity index (χ0v) is 14.5. The molecular formula is C18H15IN2O2. The van der Waals surface area contributed by atoms with Crippen LogP contribution >= 0.6 is 22.6 Å². The number of fused-ring (bicyclic) bond motifs is 3. The lowest BCUT2D eigenvalue weighted by Gasteiger charge is -2.18. The van der Waals surface area contributed by atoms with E-state index in [-0.39, 0.29) is 40.9 Å². The van der Waals surface area contributed by atoms with Crippen molar-refractivity contribution in [1.29, 1.82) is 0 Å². The predicted octanol–water partition coefficient (Wildman–Crippen LogP) is 2.82. The Morgan fingerprint density at radius 1 is 1.04 bits per heavy atom. The number of rotatable bonds is 2. The van der Waals surface area contributed by atoms with Crippen LogP contribution in [-0.4, -0.2) is 23.0 Å². The van der Waals surface area contributed by atoms with Gasteiger partial charge in [-0.05, 0) is 70.4 Å². The molecule has 4 atom stereocenters. The van der Waals surface area contributed by atoms with Crippen LogP contribution in [0, 0.1) is 32.7 Å². The fraction of sp³-hybridized carbons (Fsp3) is 0.389. The minimum absolute atomic E-state index is 0.107. The molecule has 116 valence electrons. The summed E-state index contributed by atoms with van der Waals surface area (Å²) in [4.78, 5) is 25.5. The summed E-state index contributed by atoms with van der Waals surface area (Å²) in [6.45, 7) is 0. The molecule has 0 radical (unpaired) electrons. The number of amides is 2. The van der Waals surface area contributed by atoms with Crippen LogP contribution in [0.15, 0.2) is 41.5 Å². The van der Waals surface area contributed by atoms with Crippen LogP contribution in [0.25, 0.3) is 0 Å². The number of hydrazone groups is 1. The lowest BCUT2D eigenvalue weighted by Crippen LogP contribution is -2.30. The Hall–Kier alpha value is -1.50. The van der Waals surface area contributed by atoms with Crippen LogP contribution in [0.2, 0.25) is 0 Å². The quantitative estimate of drug-likeness (QED) is 0.321. The number of carbonyl (C=O) groups excluding carboxylic acids is 2. The van der Waals surface area contributed by atoms with E-state index in [1.807, 2.05) is 24.3 Å². The molecule has 3 aliphatic carbocycles. The first-order chi connectivity index (χ1) is 11.1. The van der Waals surface area contributed by atoms with Gasteiger partial charge < -0.3 is 0 Å². The SMILES string of the molecule is O=C1[C@@H]2[C@H](C(=O)N1/N=C\c1ccc(I)cc1)[C@@H]1C=C[C@@H]2C12CC2. The Morgan fingerprint density at radius 2 is 1.61 bits per heavy atom. The highest BCUT2D eigenvalue weighted by atomic mass is 127. The number of imide groups is 1.